The van der Waals surface area contributed by atoms with Crippen molar-refractivity contribution >= 4 is 38.9 Å². The number of hydrogen-bond acceptors (Lipinski definition) is 6. The van der Waals surface area contributed by atoms with Gasteiger partial charge in [0.25, 0.3) is 5.69 Å². The average Bonchev–Trinajstić information content (AvgIpc) is 3.36. The minimum atomic E-state index is -0.453. The third kappa shape index (κ3) is 2.92. The van der Waals surface area contributed by atoms with Gasteiger partial charge in [-0.25, -0.2) is 4.98 Å². The maximum Gasteiger partial charge on any atom is 0.270 e. The zero-order valence-corrected chi connectivity index (χ0v) is 16.1. The molecule has 5 aromatic rings. The molecule has 6 nitrogen and oxygen atoms in total. The molecule has 0 saturated carbocycles. The van der Waals surface area contributed by atoms with Crippen LogP contribution in [0, 0.1) is 10.1 Å². The van der Waals surface area contributed by atoms with Crippen molar-refractivity contribution in [3.05, 3.63) is 76.2 Å². The summed E-state index contributed by atoms with van der Waals surface area (Å²) in [5.41, 5.74) is 2.74. The minimum absolute atomic E-state index is 0.0474. The molecule has 7 heteroatoms. The van der Waals surface area contributed by atoms with Crippen LogP contribution in [-0.4, -0.2) is 17.0 Å². The van der Waals surface area contributed by atoms with Gasteiger partial charge in [-0.15, -0.1) is 11.3 Å². The van der Waals surface area contributed by atoms with Gasteiger partial charge in [0.15, 0.2) is 5.58 Å². The number of nitrogens with zero attached hydrogens (tertiary/aromatic N) is 2. The van der Waals surface area contributed by atoms with Gasteiger partial charge in [-0.05, 0) is 40.6 Å². The fraction of sp³-hybridized carbons (Fsp3) is 0.0455. The maximum absolute atomic E-state index is 11.2. The number of thiophene rings is 1. The van der Waals surface area contributed by atoms with Gasteiger partial charge in [0.05, 0.1) is 17.6 Å². The first-order valence-electron chi connectivity index (χ1n) is 8.84. The average molecular weight is 402 g/mol. The van der Waals surface area contributed by atoms with Crippen LogP contribution in [0.2, 0.25) is 0 Å². The molecule has 0 atom stereocenters. The largest absolute Gasteiger partial charge is 0.496 e. The highest BCUT2D eigenvalue weighted by molar-refractivity contribution is 7.15. The summed E-state index contributed by atoms with van der Waals surface area (Å²) in [6.45, 7) is 0. The Labute approximate surface area is 169 Å². The first-order valence-corrected chi connectivity index (χ1v) is 9.72. The van der Waals surface area contributed by atoms with E-state index in [0.29, 0.717) is 22.4 Å². The molecule has 0 spiro atoms. The lowest BCUT2D eigenvalue weighted by atomic mass is 10.1. The van der Waals surface area contributed by atoms with Crippen LogP contribution < -0.4 is 4.74 Å². The standard InChI is InChI=1S/C22H14N2O4S/c1-27-19-9-7-15(24(25)26)11-17(19)22-23-18-10-13(6-8-20(18)28-22)21-16-5-3-2-4-14(16)12-29-21/h2-12H,1H3. The van der Waals surface area contributed by atoms with Crippen molar-refractivity contribution in [1.82, 2.24) is 4.98 Å². The third-order valence-corrected chi connectivity index (χ3v) is 5.85. The predicted octanol–water partition coefficient (Wildman–Crippen LogP) is 6.29. The molecule has 5 rings (SSSR count). The van der Waals surface area contributed by atoms with Crippen molar-refractivity contribution in [3.63, 3.8) is 0 Å². The van der Waals surface area contributed by atoms with E-state index in [0.717, 1.165) is 5.56 Å². The molecule has 2 heterocycles. The number of hydrogen-bond donors (Lipinski definition) is 0. The first-order chi connectivity index (χ1) is 14.1. The number of methoxy groups -OCH3 is 1. The summed E-state index contributed by atoms with van der Waals surface area (Å²) in [6.07, 6.45) is 0. The number of ether oxygens (including phenoxy) is 1. The summed E-state index contributed by atoms with van der Waals surface area (Å²) in [5, 5.41) is 15.7. The molecule has 142 valence electrons. The topological polar surface area (TPSA) is 78.4 Å². The Morgan fingerprint density at radius 3 is 2.79 bits per heavy atom. The van der Waals surface area contributed by atoms with Crippen molar-refractivity contribution in [2.24, 2.45) is 0 Å². The van der Waals surface area contributed by atoms with Gasteiger partial charge < -0.3 is 9.15 Å². The molecule has 2 aromatic heterocycles. The summed E-state index contributed by atoms with van der Waals surface area (Å²) in [4.78, 5) is 16.4. The SMILES string of the molecule is COc1ccc([N+](=O)[O-])cc1-c1nc2cc(-c3scc4ccccc34)ccc2o1. The Morgan fingerprint density at radius 2 is 1.97 bits per heavy atom. The number of nitro groups is 1. The van der Waals surface area contributed by atoms with Crippen LogP contribution in [0.15, 0.2) is 70.5 Å². The highest BCUT2D eigenvalue weighted by atomic mass is 32.1. The van der Waals surface area contributed by atoms with Crippen LogP contribution in [0.5, 0.6) is 5.75 Å². The molecule has 0 unspecified atom stereocenters. The van der Waals surface area contributed by atoms with Crippen molar-refractivity contribution in [2.45, 2.75) is 0 Å². The molecule has 0 aliphatic carbocycles. The van der Waals surface area contributed by atoms with E-state index >= 15 is 0 Å². The van der Waals surface area contributed by atoms with Gasteiger partial charge in [0.2, 0.25) is 5.89 Å². The van der Waals surface area contributed by atoms with E-state index in [9.17, 15) is 10.1 Å². The van der Waals surface area contributed by atoms with Crippen LogP contribution in [0.25, 0.3) is 43.8 Å². The summed E-state index contributed by atoms with van der Waals surface area (Å²) in [6, 6.07) is 18.5. The maximum atomic E-state index is 11.2. The highest BCUT2D eigenvalue weighted by Gasteiger charge is 2.18. The Morgan fingerprint density at radius 1 is 1.10 bits per heavy atom. The molecular formula is C22H14N2O4S. The van der Waals surface area contributed by atoms with Gasteiger partial charge in [0, 0.05) is 22.4 Å². The van der Waals surface area contributed by atoms with Crippen LogP contribution in [0.4, 0.5) is 5.69 Å². The normalized spacial score (nSPS) is 11.2. The van der Waals surface area contributed by atoms with Crippen LogP contribution in [0.3, 0.4) is 0 Å². The van der Waals surface area contributed by atoms with Gasteiger partial charge >= 0.3 is 0 Å². The second-order valence-electron chi connectivity index (χ2n) is 6.50. The molecule has 29 heavy (non-hydrogen) atoms. The van der Waals surface area contributed by atoms with Crippen LogP contribution >= 0.6 is 11.3 Å². The monoisotopic (exact) mass is 402 g/mol. The number of benzene rings is 3. The lowest BCUT2D eigenvalue weighted by molar-refractivity contribution is -0.384. The van der Waals surface area contributed by atoms with E-state index in [1.807, 2.05) is 30.3 Å². The molecule has 0 aliphatic heterocycles. The lowest BCUT2D eigenvalue weighted by Gasteiger charge is -2.04. The van der Waals surface area contributed by atoms with E-state index in [-0.39, 0.29) is 11.6 Å². The van der Waals surface area contributed by atoms with Gasteiger partial charge in [-0.2, -0.15) is 0 Å². The Bertz CT molecular complexity index is 1390. The van der Waals surface area contributed by atoms with E-state index in [1.54, 1.807) is 17.4 Å². The Kier molecular flexibility index (Phi) is 4.03. The van der Waals surface area contributed by atoms with Gasteiger partial charge in [-0.1, -0.05) is 24.3 Å². The molecule has 3 aromatic carbocycles. The second-order valence-corrected chi connectivity index (χ2v) is 7.37. The number of nitro benzene ring substituents is 1. The number of rotatable bonds is 4. The van der Waals surface area contributed by atoms with Gasteiger partial charge in [0.1, 0.15) is 11.3 Å². The molecule has 0 aliphatic rings. The van der Waals surface area contributed by atoms with E-state index in [4.69, 9.17) is 9.15 Å². The van der Waals surface area contributed by atoms with Crippen molar-refractivity contribution in [2.75, 3.05) is 7.11 Å². The first kappa shape index (κ1) is 17.4. The second kappa shape index (κ2) is 6.72. The fourth-order valence-electron chi connectivity index (χ4n) is 3.38. The van der Waals surface area contributed by atoms with Crippen molar-refractivity contribution in [1.29, 1.82) is 0 Å². The van der Waals surface area contributed by atoms with Crippen LogP contribution in [-0.2, 0) is 0 Å². The predicted molar refractivity (Wildman–Crippen MR) is 113 cm³/mol. The molecule has 0 saturated heterocycles. The zero-order chi connectivity index (χ0) is 20.0. The number of oxazole rings is 1. The number of aromatic nitrogens is 1. The summed E-state index contributed by atoms with van der Waals surface area (Å²) < 4.78 is 11.2. The Hall–Kier alpha value is -3.71. The van der Waals surface area contributed by atoms with Crippen molar-refractivity contribution < 1.29 is 14.1 Å². The summed E-state index contributed by atoms with van der Waals surface area (Å²) in [7, 11) is 1.51. The molecular weight excluding hydrogens is 388 g/mol. The molecule has 0 amide bonds. The van der Waals surface area contributed by atoms with E-state index < -0.39 is 4.92 Å². The smallest absolute Gasteiger partial charge is 0.270 e. The van der Waals surface area contributed by atoms with Crippen molar-refractivity contribution in [3.8, 4) is 27.6 Å². The number of non-ortho nitro benzene ring substituents is 1. The molecule has 0 N–H and O–H groups in total. The van der Waals surface area contributed by atoms with Gasteiger partial charge in [-0.3, -0.25) is 10.1 Å². The molecule has 0 bridgehead atoms. The Balaban J connectivity index is 1.64. The quantitative estimate of drug-likeness (QED) is 0.261. The molecule has 0 radical (unpaired) electrons. The number of fused-ring (bicyclic) bond motifs is 2. The lowest BCUT2D eigenvalue weighted by Crippen LogP contribution is -1.92. The fourth-order valence-corrected chi connectivity index (χ4v) is 4.40. The summed E-state index contributed by atoms with van der Waals surface area (Å²) >= 11 is 1.69. The van der Waals surface area contributed by atoms with Crippen LogP contribution in [0.1, 0.15) is 0 Å². The third-order valence-electron chi connectivity index (χ3n) is 4.78. The summed E-state index contributed by atoms with van der Waals surface area (Å²) in [5.74, 6) is 0.750. The minimum Gasteiger partial charge on any atom is -0.496 e. The highest BCUT2D eigenvalue weighted by Crippen LogP contribution is 2.38. The van der Waals surface area contributed by atoms with E-state index in [2.05, 4.69) is 22.5 Å². The molecule has 0 fully saturated rings. The van der Waals surface area contributed by atoms with E-state index in [1.165, 1.54) is 34.9 Å². The zero-order valence-electron chi connectivity index (χ0n) is 15.3.